The number of aryl methyl sites for hydroxylation is 2. The van der Waals surface area contributed by atoms with Crippen LogP contribution in [0.5, 0.6) is 5.75 Å². The summed E-state index contributed by atoms with van der Waals surface area (Å²) in [6, 6.07) is 11.4. The molecule has 36 heavy (non-hydrogen) atoms. The molecule has 0 bridgehead atoms. The van der Waals surface area contributed by atoms with Gasteiger partial charge in [-0.1, -0.05) is 24.3 Å². The van der Waals surface area contributed by atoms with Crippen molar-refractivity contribution in [2.75, 3.05) is 19.3 Å². The number of thioether (sulfide) groups is 1. The normalized spacial score (nSPS) is 17.8. The third kappa shape index (κ3) is 6.03. The average Bonchev–Trinajstić information content (AvgIpc) is 3.26. The fourth-order valence-electron chi connectivity index (χ4n) is 4.46. The standard InChI is InChI=1S/C28H35NO6S/c1-16(2)34-27(33)29-14-22(23(15-29)24(30)19-8-10-21(36-7)11-9-19)20-12-17(3)25(18(4)13-20)35-28(5,6)26(31)32/h8-13,16,22-23H,14-15H2,1-7H3,(H,31,32)/t22-,23?/m1/s1. The van der Waals surface area contributed by atoms with Crippen LogP contribution >= 0.6 is 11.8 Å². The number of carboxylic acids is 1. The second-order valence-electron chi connectivity index (χ2n) is 10.0. The van der Waals surface area contributed by atoms with E-state index in [4.69, 9.17) is 9.47 Å². The summed E-state index contributed by atoms with van der Waals surface area (Å²) in [5.41, 5.74) is 1.68. The van der Waals surface area contributed by atoms with E-state index < -0.39 is 23.6 Å². The zero-order valence-corrected chi connectivity index (χ0v) is 22.8. The molecule has 2 aromatic carbocycles. The van der Waals surface area contributed by atoms with Gasteiger partial charge in [0.05, 0.1) is 6.10 Å². The summed E-state index contributed by atoms with van der Waals surface area (Å²) >= 11 is 1.61. The first-order valence-electron chi connectivity index (χ1n) is 12.0. The van der Waals surface area contributed by atoms with Crippen LogP contribution in [0.15, 0.2) is 41.3 Å². The van der Waals surface area contributed by atoms with Crippen molar-refractivity contribution in [1.29, 1.82) is 0 Å². The third-order valence-corrected chi connectivity index (χ3v) is 7.15. The SMILES string of the molecule is CSc1ccc(C(=O)C2CN(C(=O)OC(C)C)C[C@@H]2c2cc(C)c(OC(C)(C)C(=O)O)c(C)c2)cc1. The van der Waals surface area contributed by atoms with Gasteiger partial charge in [-0.2, -0.15) is 0 Å². The van der Waals surface area contributed by atoms with Crippen molar-refractivity contribution < 1.29 is 29.0 Å². The Morgan fingerprint density at radius 1 is 1.06 bits per heavy atom. The number of hydrogen-bond acceptors (Lipinski definition) is 6. The van der Waals surface area contributed by atoms with E-state index in [0.717, 1.165) is 21.6 Å². The molecule has 194 valence electrons. The highest BCUT2D eigenvalue weighted by Crippen LogP contribution is 2.39. The number of benzene rings is 2. The molecule has 2 atom stereocenters. The molecule has 8 heteroatoms. The highest BCUT2D eigenvalue weighted by molar-refractivity contribution is 7.98. The lowest BCUT2D eigenvalue weighted by molar-refractivity contribution is -0.152. The Morgan fingerprint density at radius 3 is 2.14 bits per heavy atom. The number of likely N-dealkylation sites (tertiary alicyclic amines) is 1. The molecule has 0 aliphatic carbocycles. The zero-order valence-electron chi connectivity index (χ0n) is 22.0. The second kappa shape index (κ2) is 10.9. The molecule has 1 unspecified atom stereocenters. The van der Waals surface area contributed by atoms with Crippen LogP contribution in [0.2, 0.25) is 0 Å². The molecule has 0 aromatic heterocycles. The molecule has 1 amide bonds. The average molecular weight is 514 g/mol. The maximum atomic E-state index is 13.6. The molecule has 1 N–H and O–H groups in total. The number of rotatable bonds is 8. The molecule has 2 aromatic rings. The van der Waals surface area contributed by atoms with E-state index in [1.165, 1.54) is 13.8 Å². The highest BCUT2D eigenvalue weighted by Gasteiger charge is 2.42. The van der Waals surface area contributed by atoms with Crippen LogP contribution in [0.4, 0.5) is 4.79 Å². The van der Waals surface area contributed by atoms with Gasteiger partial charge in [0.1, 0.15) is 5.75 Å². The predicted octanol–water partition coefficient (Wildman–Crippen LogP) is 5.71. The Hall–Kier alpha value is -3.00. The van der Waals surface area contributed by atoms with Gasteiger partial charge in [0.2, 0.25) is 0 Å². The summed E-state index contributed by atoms with van der Waals surface area (Å²) in [6.45, 7) is 11.0. The summed E-state index contributed by atoms with van der Waals surface area (Å²) in [7, 11) is 0. The van der Waals surface area contributed by atoms with Crippen molar-refractivity contribution in [2.24, 2.45) is 5.92 Å². The molecule has 0 radical (unpaired) electrons. The Kier molecular flexibility index (Phi) is 8.39. The van der Waals surface area contributed by atoms with E-state index in [-0.39, 0.29) is 24.3 Å². The first-order chi connectivity index (χ1) is 16.8. The number of hydrogen-bond donors (Lipinski definition) is 1. The Labute approximate surface area is 217 Å². The number of carboxylic acid groups (broad SMARTS) is 1. The van der Waals surface area contributed by atoms with E-state index in [1.54, 1.807) is 30.5 Å². The van der Waals surface area contributed by atoms with Crippen LogP contribution < -0.4 is 4.74 Å². The lowest BCUT2D eigenvalue weighted by atomic mass is 9.82. The van der Waals surface area contributed by atoms with E-state index in [2.05, 4.69) is 0 Å². The van der Waals surface area contributed by atoms with Gasteiger partial charge in [0.15, 0.2) is 11.4 Å². The van der Waals surface area contributed by atoms with Crippen molar-refractivity contribution in [3.05, 3.63) is 58.7 Å². The summed E-state index contributed by atoms with van der Waals surface area (Å²) in [5.74, 6) is -1.24. The van der Waals surface area contributed by atoms with E-state index in [0.29, 0.717) is 17.9 Å². The zero-order chi connectivity index (χ0) is 26.8. The van der Waals surface area contributed by atoms with Crippen molar-refractivity contribution in [3.63, 3.8) is 0 Å². The topological polar surface area (TPSA) is 93.1 Å². The number of nitrogens with zero attached hydrogens (tertiary/aromatic N) is 1. The monoisotopic (exact) mass is 513 g/mol. The Morgan fingerprint density at radius 2 is 1.64 bits per heavy atom. The Balaban J connectivity index is 1.98. The molecule has 1 fully saturated rings. The van der Waals surface area contributed by atoms with Gasteiger partial charge >= 0.3 is 12.1 Å². The molecule has 1 aliphatic rings. The van der Waals surface area contributed by atoms with Gasteiger partial charge in [-0.3, -0.25) is 4.79 Å². The minimum absolute atomic E-state index is 0.0184. The predicted molar refractivity (Wildman–Crippen MR) is 140 cm³/mol. The fourth-order valence-corrected chi connectivity index (χ4v) is 4.87. The van der Waals surface area contributed by atoms with Crippen molar-refractivity contribution in [3.8, 4) is 5.75 Å². The fraction of sp³-hybridized carbons (Fsp3) is 0.464. The second-order valence-corrected chi connectivity index (χ2v) is 10.9. The van der Waals surface area contributed by atoms with Gasteiger partial charge in [0, 0.05) is 35.4 Å². The number of Topliss-reactive ketones (excluding diaryl/α,β-unsaturated/α-hetero) is 1. The van der Waals surface area contributed by atoms with Gasteiger partial charge in [0.25, 0.3) is 0 Å². The van der Waals surface area contributed by atoms with Crippen LogP contribution in [0.1, 0.15) is 60.7 Å². The number of ether oxygens (including phenoxy) is 2. The van der Waals surface area contributed by atoms with Crippen LogP contribution in [0.3, 0.4) is 0 Å². The molecule has 1 saturated heterocycles. The number of aliphatic carboxylic acids is 1. The Bertz CT molecular complexity index is 1120. The van der Waals surface area contributed by atoms with Crippen molar-refractivity contribution >= 4 is 29.6 Å². The quantitative estimate of drug-likeness (QED) is 0.357. The van der Waals surface area contributed by atoms with Crippen molar-refractivity contribution in [1.82, 2.24) is 4.90 Å². The first-order valence-corrected chi connectivity index (χ1v) is 13.2. The summed E-state index contributed by atoms with van der Waals surface area (Å²) in [6.07, 6.45) is 1.29. The largest absolute Gasteiger partial charge is 0.478 e. The number of carbonyl (C=O) groups is 3. The molecule has 0 saturated carbocycles. The van der Waals surface area contributed by atoms with Gasteiger partial charge in [-0.05, 0) is 76.6 Å². The van der Waals surface area contributed by atoms with Crippen LogP contribution in [0, 0.1) is 19.8 Å². The molecule has 1 heterocycles. The van der Waals surface area contributed by atoms with Crippen LogP contribution in [-0.4, -0.2) is 58.9 Å². The molecule has 1 aliphatic heterocycles. The number of carbonyl (C=O) groups excluding carboxylic acids is 2. The lowest BCUT2D eigenvalue weighted by Gasteiger charge is -2.26. The third-order valence-electron chi connectivity index (χ3n) is 6.41. The maximum Gasteiger partial charge on any atom is 0.410 e. The summed E-state index contributed by atoms with van der Waals surface area (Å²) < 4.78 is 11.3. The summed E-state index contributed by atoms with van der Waals surface area (Å²) in [5, 5.41) is 9.48. The lowest BCUT2D eigenvalue weighted by Crippen LogP contribution is -2.38. The van der Waals surface area contributed by atoms with Gasteiger partial charge in [-0.25, -0.2) is 9.59 Å². The number of amides is 1. The smallest absolute Gasteiger partial charge is 0.410 e. The number of ketones is 1. The van der Waals surface area contributed by atoms with Gasteiger partial charge < -0.3 is 19.5 Å². The molecule has 0 spiro atoms. The van der Waals surface area contributed by atoms with Gasteiger partial charge in [-0.15, -0.1) is 11.8 Å². The molecular weight excluding hydrogens is 478 g/mol. The van der Waals surface area contributed by atoms with E-state index >= 15 is 0 Å². The van der Waals surface area contributed by atoms with Crippen LogP contribution in [-0.2, 0) is 9.53 Å². The van der Waals surface area contributed by atoms with E-state index in [1.807, 2.05) is 56.5 Å². The van der Waals surface area contributed by atoms with Crippen LogP contribution in [0.25, 0.3) is 0 Å². The highest BCUT2D eigenvalue weighted by atomic mass is 32.2. The minimum atomic E-state index is -1.39. The molecule has 3 rings (SSSR count). The summed E-state index contributed by atoms with van der Waals surface area (Å²) in [4.78, 5) is 40.6. The van der Waals surface area contributed by atoms with E-state index in [9.17, 15) is 19.5 Å². The maximum absolute atomic E-state index is 13.6. The molecule has 7 nitrogen and oxygen atoms in total. The molecular formula is C28H35NO6S. The first kappa shape index (κ1) is 27.6. The minimum Gasteiger partial charge on any atom is -0.478 e. The van der Waals surface area contributed by atoms with Crippen molar-refractivity contribution in [2.45, 2.75) is 64.1 Å².